The van der Waals surface area contributed by atoms with E-state index in [-0.39, 0.29) is 11.2 Å². The van der Waals surface area contributed by atoms with Crippen LogP contribution in [0.2, 0.25) is 10.0 Å². The highest BCUT2D eigenvalue weighted by Crippen LogP contribution is 2.28. The summed E-state index contributed by atoms with van der Waals surface area (Å²) in [4.78, 5) is 12.4. The molecule has 2 aromatic carbocycles. The quantitative estimate of drug-likeness (QED) is 0.384. The van der Waals surface area contributed by atoms with E-state index < -0.39 is 0 Å². The Bertz CT molecular complexity index is 985. The van der Waals surface area contributed by atoms with Crippen LogP contribution >= 0.6 is 58.5 Å². The van der Waals surface area contributed by atoms with Gasteiger partial charge in [-0.25, -0.2) is 4.68 Å². The Morgan fingerprint density at radius 1 is 1.23 bits per heavy atom. The minimum atomic E-state index is -0.340. The van der Waals surface area contributed by atoms with Crippen LogP contribution in [0.1, 0.15) is 6.92 Å². The largest absolute Gasteiger partial charge is 0.325 e. The van der Waals surface area contributed by atoms with Crippen LogP contribution in [0.4, 0.5) is 5.69 Å². The second kappa shape index (κ2) is 8.54. The molecule has 4 nitrogen and oxygen atoms in total. The van der Waals surface area contributed by atoms with E-state index in [9.17, 15) is 4.79 Å². The number of amides is 1. The lowest BCUT2D eigenvalue weighted by Gasteiger charge is -2.10. The SMILES string of the molecule is CC(Sc1nn(-c2ccc(Cl)cc2)c(=S)s1)C(=O)Nc1cccc(Cl)c1. The van der Waals surface area contributed by atoms with Gasteiger partial charge in [-0.05, 0) is 61.6 Å². The van der Waals surface area contributed by atoms with Crippen molar-refractivity contribution in [3.8, 4) is 5.69 Å². The second-order valence-corrected chi connectivity index (χ2v) is 9.37. The normalized spacial score (nSPS) is 12.0. The summed E-state index contributed by atoms with van der Waals surface area (Å²) in [5.41, 5.74) is 1.49. The molecule has 1 aromatic heterocycles. The molecular formula is C17H13Cl2N3OS3. The summed E-state index contributed by atoms with van der Waals surface area (Å²) in [5, 5.41) is 8.23. The maximum absolute atomic E-state index is 12.4. The molecule has 1 N–H and O–H groups in total. The molecule has 3 aromatic rings. The monoisotopic (exact) mass is 441 g/mol. The van der Waals surface area contributed by atoms with Crippen LogP contribution in [0.15, 0.2) is 52.9 Å². The number of thioether (sulfide) groups is 1. The second-order valence-electron chi connectivity index (χ2n) is 5.28. The van der Waals surface area contributed by atoms with E-state index in [0.29, 0.717) is 19.7 Å². The molecule has 1 unspecified atom stereocenters. The number of rotatable bonds is 5. The summed E-state index contributed by atoms with van der Waals surface area (Å²) < 4.78 is 3.00. The number of carbonyl (C=O) groups is 1. The molecule has 3 rings (SSSR count). The molecule has 0 fully saturated rings. The molecule has 0 aliphatic carbocycles. The first-order chi connectivity index (χ1) is 12.4. The van der Waals surface area contributed by atoms with Gasteiger partial charge in [0.15, 0.2) is 8.29 Å². The molecular weight excluding hydrogens is 429 g/mol. The van der Waals surface area contributed by atoms with Crippen LogP contribution in [0.5, 0.6) is 0 Å². The minimum Gasteiger partial charge on any atom is -0.325 e. The Balaban J connectivity index is 1.70. The molecule has 0 radical (unpaired) electrons. The minimum absolute atomic E-state index is 0.128. The third-order valence-electron chi connectivity index (χ3n) is 3.34. The van der Waals surface area contributed by atoms with Gasteiger partial charge in [0, 0.05) is 15.7 Å². The lowest BCUT2D eigenvalue weighted by molar-refractivity contribution is -0.115. The lowest BCUT2D eigenvalue weighted by atomic mass is 10.3. The fraction of sp³-hybridized carbons (Fsp3) is 0.118. The number of nitrogens with zero attached hydrogens (tertiary/aromatic N) is 2. The van der Waals surface area contributed by atoms with Crippen LogP contribution in [0, 0.1) is 3.95 Å². The molecule has 1 heterocycles. The maximum atomic E-state index is 12.4. The highest BCUT2D eigenvalue weighted by atomic mass is 35.5. The molecule has 0 bridgehead atoms. The molecule has 1 atom stereocenters. The van der Waals surface area contributed by atoms with Gasteiger partial charge in [0.2, 0.25) is 5.91 Å². The number of carbonyl (C=O) groups excluding carboxylic acids is 1. The zero-order valence-corrected chi connectivity index (χ0v) is 17.4. The summed E-state index contributed by atoms with van der Waals surface area (Å²) >= 11 is 20.0. The Hall–Kier alpha value is -1.38. The van der Waals surface area contributed by atoms with E-state index in [2.05, 4.69) is 10.4 Å². The summed E-state index contributed by atoms with van der Waals surface area (Å²) in [6, 6.07) is 14.3. The Morgan fingerprint density at radius 2 is 1.96 bits per heavy atom. The molecule has 134 valence electrons. The van der Waals surface area contributed by atoms with Crippen LogP contribution in [-0.4, -0.2) is 20.9 Å². The van der Waals surface area contributed by atoms with Crippen LogP contribution in [0.3, 0.4) is 0 Å². The first-order valence-corrected chi connectivity index (χ1v) is 10.4. The van der Waals surface area contributed by atoms with E-state index >= 15 is 0 Å². The molecule has 0 aliphatic rings. The maximum Gasteiger partial charge on any atom is 0.237 e. The van der Waals surface area contributed by atoms with Crippen LogP contribution in [-0.2, 0) is 4.79 Å². The van der Waals surface area contributed by atoms with E-state index in [4.69, 9.17) is 35.4 Å². The highest BCUT2D eigenvalue weighted by molar-refractivity contribution is 8.02. The zero-order chi connectivity index (χ0) is 18.7. The van der Waals surface area contributed by atoms with Crippen molar-refractivity contribution in [2.45, 2.75) is 16.5 Å². The number of anilines is 1. The number of halogens is 2. The van der Waals surface area contributed by atoms with Gasteiger partial charge in [-0.2, -0.15) is 0 Å². The van der Waals surface area contributed by atoms with Gasteiger partial charge in [-0.3, -0.25) is 4.79 Å². The number of aromatic nitrogens is 2. The van der Waals surface area contributed by atoms with Gasteiger partial charge in [0.05, 0.1) is 10.9 Å². The summed E-state index contributed by atoms with van der Waals surface area (Å²) in [6.45, 7) is 1.82. The van der Waals surface area contributed by atoms with E-state index in [1.54, 1.807) is 41.1 Å². The van der Waals surface area contributed by atoms with Crippen LogP contribution < -0.4 is 5.32 Å². The van der Waals surface area contributed by atoms with Crippen molar-refractivity contribution in [3.63, 3.8) is 0 Å². The van der Waals surface area contributed by atoms with E-state index in [0.717, 1.165) is 10.0 Å². The standard InChI is InChI=1S/C17H13Cl2N3OS3/c1-10(15(23)20-13-4-2-3-12(19)9-13)25-16-21-22(17(24)26-16)14-7-5-11(18)6-8-14/h2-10H,1H3,(H,20,23). The number of benzene rings is 2. The van der Waals surface area contributed by atoms with Gasteiger partial charge in [-0.1, -0.05) is 52.4 Å². The van der Waals surface area contributed by atoms with Crippen molar-refractivity contribution in [3.05, 3.63) is 62.5 Å². The Morgan fingerprint density at radius 3 is 2.65 bits per heavy atom. The smallest absolute Gasteiger partial charge is 0.237 e. The Kier molecular flexibility index (Phi) is 6.37. The highest BCUT2D eigenvalue weighted by Gasteiger charge is 2.18. The Labute approximate surface area is 174 Å². The summed E-state index contributed by atoms with van der Waals surface area (Å²) in [6.07, 6.45) is 0. The molecule has 9 heteroatoms. The van der Waals surface area contributed by atoms with Crippen molar-refractivity contribution >= 4 is 70.1 Å². The fourth-order valence-corrected chi connectivity index (χ4v) is 4.89. The van der Waals surface area contributed by atoms with Gasteiger partial charge < -0.3 is 5.32 Å². The number of hydrogen-bond acceptors (Lipinski definition) is 5. The van der Waals surface area contributed by atoms with Gasteiger partial charge in [0.25, 0.3) is 0 Å². The first kappa shape index (κ1) is 19.4. The number of nitrogens with one attached hydrogen (secondary N) is 1. The van der Waals surface area contributed by atoms with E-state index in [1.165, 1.54) is 23.1 Å². The zero-order valence-electron chi connectivity index (χ0n) is 13.5. The average Bonchev–Trinajstić information content (AvgIpc) is 2.96. The van der Waals surface area contributed by atoms with Crippen molar-refractivity contribution in [2.24, 2.45) is 0 Å². The van der Waals surface area contributed by atoms with Gasteiger partial charge in [0.1, 0.15) is 0 Å². The fourth-order valence-electron chi connectivity index (χ4n) is 2.07. The molecule has 26 heavy (non-hydrogen) atoms. The van der Waals surface area contributed by atoms with Crippen molar-refractivity contribution in [1.29, 1.82) is 0 Å². The van der Waals surface area contributed by atoms with Gasteiger partial charge in [-0.15, -0.1) is 5.10 Å². The molecule has 1 amide bonds. The lowest BCUT2D eigenvalue weighted by Crippen LogP contribution is -2.22. The topological polar surface area (TPSA) is 46.9 Å². The van der Waals surface area contributed by atoms with Crippen molar-refractivity contribution < 1.29 is 4.79 Å². The average molecular weight is 442 g/mol. The van der Waals surface area contributed by atoms with E-state index in [1.807, 2.05) is 19.1 Å². The number of hydrogen-bond donors (Lipinski definition) is 1. The van der Waals surface area contributed by atoms with Crippen molar-refractivity contribution in [1.82, 2.24) is 9.78 Å². The molecule has 0 aliphatic heterocycles. The molecule has 0 saturated heterocycles. The first-order valence-electron chi connectivity index (χ1n) is 7.51. The van der Waals surface area contributed by atoms with Crippen LogP contribution in [0.25, 0.3) is 5.69 Å². The molecule has 0 saturated carbocycles. The third kappa shape index (κ3) is 4.86. The third-order valence-corrected chi connectivity index (χ3v) is 6.24. The summed E-state index contributed by atoms with van der Waals surface area (Å²) in [7, 11) is 0. The predicted octanol–water partition coefficient (Wildman–Crippen LogP) is 6.09. The van der Waals surface area contributed by atoms with Gasteiger partial charge >= 0.3 is 0 Å². The summed E-state index contributed by atoms with van der Waals surface area (Å²) in [5.74, 6) is -0.128. The predicted molar refractivity (Wildman–Crippen MR) is 113 cm³/mol. The van der Waals surface area contributed by atoms with Crippen molar-refractivity contribution in [2.75, 3.05) is 5.32 Å². The molecule has 0 spiro atoms.